The number of rotatable bonds is 7. The van der Waals surface area contributed by atoms with Crippen molar-refractivity contribution < 1.29 is 14.3 Å². The predicted octanol–water partition coefficient (Wildman–Crippen LogP) is 3.45. The zero-order valence-corrected chi connectivity index (χ0v) is 13.6. The molecule has 2 heterocycles. The fraction of sp³-hybridized carbons (Fsp3) is 0.368. The van der Waals surface area contributed by atoms with Crippen LogP contribution in [0.25, 0.3) is 0 Å². The molecule has 0 spiro atoms. The maximum atomic E-state index is 11.9. The summed E-state index contributed by atoms with van der Waals surface area (Å²) >= 11 is 0. The lowest BCUT2D eigenvalue weighted by atomic mass is 10.1. The van der Waals surface area contributed by atoms with Gasteiger partial charge < -0.3 is 14.8 Å². The molecule has 0 bridgehead atoms. The fourth-order valence-corrected chi connectivity index (χ4v) is 2.64. The SMILES string of the molecule is O=C(CCC1CCCO1)NCc1ccc(Oc2ccccc2)cn1. The van der Waals surface area contributed by atoms with E-state index in [1.54, 1.807) is 6.20 Å². The smallest absolute Gasteiger partial charge is 0.220 e. The maximum absolute atomic E-state index is 11.9. The van der Waals surface area contributed by atoms with Gasteiger partial charge in [-0.3, -0.25) is 9.78 Å². The van der Waals surface area contributed by atoms with Crippen molar-refractivity contribution in [2.45, 2.75) is 38.3 Å². The lowest BCUT2D eigenvalue weighted by Crippen LogP contribution is -2.24. The molecule has 1 aliphatic heterocycles. The normalized spacial score (nSPS) is 16.8. The highest BCUT2D eigenvalue weighted by molar-refractivity contribution is 5.75. The lowest BCUT2D eigenvalue weighted by molar-refractivity contribution is -0.121. The molecule has 1 saturated heterocycles. The third kappa shape index (κ3) is 5.06. The van der Waals surface area contributed by atoms with Gasteiger partial charge in [-0.15, -0.1) is 0 Å². The monoisotopic (exact) mass is 326 g/mol. The number of benzene rings is 1. The van der Waals surface area contributed by atoms with Crippen LogP contribution in [0.2, 0.25) is 0 Å². The van der Waals surface area contributed by atoms with Crippen molar-refractivity contribution in [1.82, 2.24) is 10.3 Å². The van der Waals surface area contributed by atoms with Crippen LogP contribution >= 0.6 is 0 Å². The summed E-state index contributed by atoms with van der Waals surface area (Å²) in [4.78, 5) is 16.2. The topological polar surface area (TPSA) is 60.5 Å². The fourth-order valence-electron chi connectivity index (χ4n) is 2.64. The van der Waals surface area contributed by atoms with Crippen LogP contribution in [0.15, 0.2) is 48.7 Å². The van der Waals surface area contributed by atoms with E-state index in [1.165, 1.54) is 0 Å². The van der Waals surface area contributed by atoms with Crippen molar-refractivity contribution in [2.24, 2.45) is 0 Å². The number of carbonyl (C=O) groups is 1. The largest absolute Gasteiger partial charge is 0.456 e. The Kier molecular flexibility index (Phi) is 5.80. The third-order valence-corrected chi connectivity index (χ3v) is 3.96. The Morgan fingerprint density at radius 2 is 2.08 bits per heavy atom. The average molecular weight is 326 g/mol. The first-order chi connectivity index (χ1) is 11.8. The van der Waals surface area contributed by atoms with Gasteiger partial charge in [0, 0.05) is 13.0 Å². The molecule has 5 heteroatoms. The second-order valence-electron chi connectivity index (χ2n) is 5.85. The number of pyridine rings is 1. The van der Waals surface area contributed by atoms with Crippen molar-refractivity contribution in [3.63, 3.8) is 0 Å². The highest BCUT2D eigenvalue weighted by Crippen LogP contribution is 2.20. The van der Waals surface area contributed by atoms with Crippen LogP contribution in [0.3, 0.4) is 0 Å². The molecule has 0 aliphatic carbocycles. The highest BCUT2D eigenvalue weighted by Gasteiger charge is 2.16. The molecule has 1 fully saturated rings. The molecule has 0 saturated carbocycles. The molecule has 1 amide bonds. The van der Waals surface area contributed by atoms with Crippen molar-refractivity contribution >= 4 is 5.91 Å². The van der Waals surface area contributed by atoms with Gasteiger partial charge in [0.25, 0.3) is 0 Å². The summed E-state index contributed by atoms with van der Waals surface area (Å²) < 4.78 is 11.2. The van der Waals surface area contributed by atoms with Crippen LogP contribution in [0.4, 0.5) is 0 Å². The molecular weight excluding hydrogens is 304 g/mol. The summed E-state index contributed by atoms with van der Waals surface area (Å²) in [7, 11) is 0. The number of aromatic nitrogens is 1. The van der Waals surface area contributed by atoms with E-state index in [9.17, 15) is 4.79 Å². The molecule has 0 radical (unpaired) electrons. The zero-order valence-electron chi connectivity index (χ0n) is 13.6. The summed E-state index contributed by atoms with van der Waals surface area (Å²) in [6.07, 6.45) is 5.39. The van der Waals surface area contributed by atoms with E-state index in [0.29, 0.717) is 18.7 Å². The number of hydrogen-bond donors (Lipinski definition) is 1. The molecule has 126 valence electrons. The van der Waals surface area contributed by atoms with Gasteiger partial charge in [0.2, 0.25) is 5.91 Å². The zero-order chi connectivity index (χ0) is 16.6. The van der Waals surface area contributed by atoms with Crippen molar-refractivity contribution in [2.75, 3.05) is 6.61 Å². The minimum atomic E-state index is 0.0388. The van der Waals surface area contributed by atoms with E-state index in [2.05, 4.69) is 10.3 Å². The van der Waals surface area contributed by atoms with E-state index in [4.69, 9.17) is 9.47 Å². The lowest BCUT2D eigenvalue weighted by Gasteiger charge is -2.09. The summed E-state index contributed by atoms with van der Waals surface area (Å²) in [5, 5.41) is 2.89. The average Bonchev–Trinajstić information content (AvgIpc) is 3.14. The van der Waals surface area contributed by atoms with Crippen molar-refractivity contribution in [1.29, 1.82) is 0 Å². The Balaban J connectivity index is 1.41. The van der Waals surface area contributed by atoms with Crippen LogP contribution in [0.5, 0.6) is 11.5 Å². The molecule has 2 aromatic rings. The van der Waals surface area contributed by atoms with Crippen LogP contribution < -0.4 is 10.1 Å². The van der Waals surface area contributed by atoms with E-state index in [1.807, 2.05) is 42.5 Å². The van der Waals surface area contributed by atoms with Crippen molar-refractivity contribution in [3.8, 4) is 11.5 Å². The Hall–Kier alpha value is -2.40. The molecule has 1 N–H and O–H groups in total. The second kappa shape index (κ2) is 8.45. The summed E-state index contributed by atoms with van der Waals surface area (Å²) in [5.74, 6) is 1.49. The number of nitrogens with zero attached hydrogens (tertiary/aromatic N) is 1. The van der Waals surface area contributed by atoms with Gasteiger partial charge in [-0.1, -0.05) is 18.2 Å². The Labute approximate surface area is 142 Å². The number of para-hydroxylation sites is 1. The van der Waals surface area contributed by atoms with Crippen LogP contribution in [-0.4, -0.2) is 23.6 Å². The molecular formula is C19H22N2O3. The second-order valence-corrected chi connectivity index (χ2v) is 5.85. The van der Waals surface area contributed by atoms with Gasteiger partial charge in [-0.05, 0) is 43.5 Å². The number of carbonyl (C=O) groups excluding carboxylic acids is 1. The summed E-state index contributed by atoms with van der Waals surface area (Å²) in [6, 6.07) is 13.3. The van der Waals surface area contributed by atoms with Crippen LogP contribution in [0, 0.1) is 0 Å². The summed E-state index contributed by atoms with van der Waals surface area (Å²) in [5.41, 5.74) is 0.806. The molecule has 3 rings (SSSR count). The quantitative estimate of drug-likeness (QED) is 0.846. The first-order valence-electron chi connectivity index (χ1n) is 8.36. The van der Waals surface area contributed by atoms with Gasteiger partial charge >= 0.3 is 0 Å². The first kappa shape index (κ1) is 16.5. The molecule has 24 heavy (non-hydrogen) atoms. The Morgan fingerprint density at radius 1 is 1.21 bits per heavy atom. The number of hydrogen-bond acceptors (Lipinski definition) is 4. The van der Waals surface area contributed by atoms with Crippen LogP contribution in [0.1, 0.15) is 31.4 Å². The van der Waals surface area contributed by atoms with Gasteiger partial charge in [0.15, 0.2) is 0 Å². The number of ether oxygens (including phenoxy) is 2. The molecule has 5 nitrogen and oxygen atoms in total. The van der Waals surface area contributed by atoms with E-state index in [-0.39, 0.29) is 12.0 Å². The van der Waals surface area contributed by atoms with E-state index >= 15 is 0 Å². The van der Waals surface area contributed by atoms with Gasteiger partial charge in [0.05, 0.1) is 24.5 Å². The van der Waals surface area contributed by atoms with Gasteiger partial charge in [0.1, 0.15) is 11.5 Å². The molecule has 1 unspecified atom stereocenters. The molecule has 1 aromatic heterocycles. The van der Waals surface area contributed by atoms with Gasteiger partial charge in [-0.2, -0.15) is 0 Å². The van der Waals surface area contributed by atoms with E-state index < -0.39 is 0 Å². The first-order valence-corrected chi connectivity index (χ1v) is 8.36. The van der Waals surface area contributed by atoms with Gasteiger partial charge in [-0.25, -0.2) is 0 Å². The standard InChI is InChI=1S/C19H22N2O3/c22-19(11-10-16-7-4-12-23-16)21-13-15-8-9-18(14-20-15)24-17-5-2-1-3-6-17/h1-3,5-6,8-9,14,16H,4,7,10-13H2,(H,21,22). The number of amides is 1. The van der Waals surface area contributed by atoms with Crippen LogP contribution in [-0.2, 0) is 16.1 Å². The minimum Gasteiger partial charge on any atom is -0.456 e. The highest BCUT2D eigenvalue weighted by atomic mass is 16.5. The Bertz CT molecular complexity index is 637. The predicted molar refractivity (Wildman–Crippen MR) is 90.8 cm³/mol. The molecule has 1 aliphatic rings. The Morgan fingerprint density at radius 3 is 2.79 bits per heavy atom. The molecule has 1 aromatic carbocycles. The minimum absolute atomic E-state index is 0.0388. The maximum Gasteiger partial charge on any atom is 0.220 e. The van der Waals surface area contributed by atoms with E-state index in [0.717, 1.165) is 37.3 Å². The number of nitrogens with one attached hydrogen (secondary N) is 1. The van der Waals surface area contributed by atoms with Crippen molar-refractivity contribution in [3.05, 3.63) is 54.4 Å². The molecule has 1 atom stereocenters. The summed E-state index contributed by atoms with van der Waals surface area (Å²) in [6.45, 7) is 1.25. The third-order valence-electron chi connectivity index (χ3n) is 3.96.